The van der Waals surface area contributed by atoms with Gasteiger partial charge in [0.1, 0.15) is 0 Å². The lowest BCUT2D eigenvalue weighted by Gasteiger charge is -2.12. The van der Waals surface area contributed by atoms with Gasteiger partial charge in [0, 0.05) is 10.6 Å². The summed E-state index contributed by atoms with van der Waals surface area (Å²) in [7, 11) is 0. The second-order valence-corrected chi connectivity index (χ2v) is 5.37. The Morgan fingerprint density at radius 3 is 2.57 bits per heavy atom. The average Bonchev–Trinajstić information content (AvgIpc) is 2.40. The molecule has 0 bridgehead atoms. The number of alkyl halides is 2. The molecule has 0 saturated carbocycles. The molecule has 2 aromatic carbocycles. The summed E-state index contributed by atoms with van der Waals surface area (Å²) in [5, 5.41) is 12.0. The van der Waals surface area contributed by atoms with Gasteiger partial charge in [-0.05, 0) is 42.8 Å². The molecule has 0 atom stereocenters. The predicted octanol–water partition coefficient (Wildman–Crippen LogP) is 4.75. The highest BCUT2D eigenvalue weighted by molar-refractivity contribution is 7.99. The Hall–Kier alpha value is -2.08. The van der Waals surface area contributed by atoms with Crippen LogP contribution in [0.2, 0.25) is 0 Å². The molecular weight excluding hydrogens is 296 g/mol. The van der Waals surface area contributed by atoms with Crippen LogP contribution in [-0.2, 0) is 0 Å². The Balaban J connectivity index is 2.26. The number of carbonyl (C=O) groups is 1. The number of hydrogen-bond donors (Lipinski definition) is 2. The van der Waals surface area contributed by atoms with Crippen LogP contribution in [0.3, 0.4) is 0 Å². The Kier molecular flexibility index (Phi) is 4.80. The highest BCUT2D eigenvalue weighted by atomic mass is 32.2. The SMILES string of the molecule is Cc1cc(Nc2ccccc2SC(F)F)ccc1C(=O)O. The molecule has 2 N–H and O–H groups in total. The topological polar surface area (TPSA) is 49.3 Å². The summed E-state index contributed by atoms with van der Waals surface area (Å²) in [6, 6.07) is 11.5. The van der Waals surface area contributed by atoms with Crippen LogP contribution in [0.1, 0.15) is 15.9 Å². The number of para-hydroxylation sites is 1. The minimum Gasteiger partial charge on any atom is -0.478 e. The highest BCUT2D eigenvalue weighted by Gasteiger charge is 2.11. The Labute approximate surface area is 125 Å². The zero-order valence-corrected chi connectivity index (χ0v) is 12.0. The van der Waals surface area contributed by atoms with E-state index in [0.717, 1.165) is 0 Å². The average molecular weight is 309 g/mol. The third-order valence-electron chi connectivity index (χ3n) is 2.84. The van der Waals surface area contributed by atoms with Crippen molar-refractivity contribution in [1.82, 2.24) is 0 Å². The van der Waals surface area contributed by atoms with Gasteiger partial charge in [0.2, 0.25) is 0 Å². The quantitative estimate of drug-likeness (QED) is 0.782. The van der Waals surface area contributed by atoms with E-state index in [0.29, 0.717) is 33.6 Å². The zero-order valence-electron chi connectivity index (χ0n) is 11.1. The minimum atomic E-state index is -2.50. The lowest BCUT2D eigenvalue weighted by atomic mass is 10.1. The van der Waals surface area contributed by atoms with Gasteiger partial charge < -0.3 is 10.4 Å². The van der Waals surface area contributed by atoms with Crippen molar-refractivity contribution in [2.75, 3.05) is 5.32 Å². The van der Waals surface area contributed by atoms with Gasteiger partial charge >= 0.3 is 5.97 Å². The van der Waals surface area contributed by atoms with Gasteiger partial charge in [0.15, 0.2) is 0 Å². The van der Waals surface area contributed by atoms with Crippen molar-refractivity contribution in [1.29, 1.82) is 0 Å². The van der Waals surface area contributed by atoms with Crippen molar-refractivity contribution in [3.8, 4) is 0 Å². The summed E-state index contributed by atoms with van der Waals surface area (Å²) in [6.07, 6.45) is 0. The molecule has 0 aliphatic rings. The van der Waals surface area contributed by atoms with Gasteiger partial charge in [-0.15, -0.1) is 0 Å². The number of carboxylic acids is 1. The third kappa shape index (κ3) is 3.95. The summed E-state index contributed by atoms with van der Waals surface area (Å²) >= 11 is 0.467. The molecule has 0 fully saturated rings. The van der Waals surface area contributed by atoms with Crippen molar-refractivity contribution in [3.63, 3.8) is 0 Å². The number of anilines is 2. The highest BCUT2D eigenvalue weighted by Crippen LogP contribution is 2.33. The first-order valence-electron chi connectivity index (χ1n) is 6.12. The number of aryl methyl sites for hydroxylation is 1. The number of thioether (sulfide) groups is 1. The lowest BCUT2D eigenvalue weighted by molar-refractivity contribution is 0.0696. The van der Waals surface area contributed by atoms with E-state index in [2.05, 4.69) is 5.32 Å². The van der Waals surface area contributed by atoms with Gasteiger partial charge in [0.25, 0.3) is 5.76 Å². The molecule has 6 heteroatoms. The number of rotatable bonds is 5. The van der Waals surface area contributed by atoms with E-state index >= 15 is 0 Å². The first-order chi connectivity index (χ1) is 9.97. The van der Waals surface area contributed by atoms with Crippen LogP contribution in [0, 0.1) is 6.92 Å². The van der Waals surface area contributed by atoms with Gasteiger partial charge in [-0.25, -0.2) is 4.79 Å². The number of benzene rings is 2. The molecule has 21 heavy (non-hydrogen) atoms. The Morgan fingerprint density at radius 1 is 1.24 bits per heavy atom. The maximum atomic E-state index is 12.5. The largest absolute Gasteiger partial charge is 0.478 e. The van der Waals surface area contributed by atoms with E-state index in [9.17, 15) is 13.6 Å². The summed E-state index contributed by atoms with van der Waals surface area (Å²) in [4.78, 5) is 11.4. The van der Waals surface area contributed by atoms with E-state index in [1.165, 1.54) is 6.07 Å². The second-order valence-electron chi connectivity index (χ2n) is 4.33. The summed E-state index contributed by atoms with van der Waals surface area (Å²) < 4.78 is 25.0. The van der Waals surface area contributed by atoms with Crippen molar-refractivity contribution in [2.45, 2.75) is 17.6 Å². The molecule has 0 aliphatic carbocycles. The van der Waals surface area contributed by atoms with Crippen LogP contribution in [0.5, 0.6) is 0 Å². The fraction of sp³-hybridized carbons (Fsp3) is 0.133. The normalized spacial score (nSPS) is 10.7. The van der Waals surface area contributed by atoms with Crippen molar-refractivity contribution >= 4 is 29.1 Å². The molecule has 3 nitrogen and oxygen atoms in total. The molecule has 0 saturated heterocycles. The number of aromatic carboxylic acids is 1. The van der Waals surface area contributed by atoms with Crippen LogP contribution in [0.4, 0.5) is 20.2 Å². The molecule has 0 spiro atoms. The van der Waals surface area contributed by atoms with Crippen molar-refractivity contribution in [3.05, 3.63) is 53.6 Å². The first-order valence-corrected chi connectivity index (χ1v) is 7.00. The molecule has 2 rings (SSSR count). The molecule has 0 aromatic heterocycles. The standard InChI is InChI=1S/C15H13F2NO2S/c1-9-8-10(6-7-11(9)14(19)20)18-12-4-2-3-5-13(12)21-15(16)17/h2-8,15,18H,1H3,(H,19,20). The van der Waals surface area contributed by atoms with Crippen molar-refractivity contribution < 1.29 is 18.7 Å². The second kappa shape index (κ2) is 6.58. The van der Waals surface area contributed by atoms with E-state index in [4.69, 9.17) is 5.11 Å². The molecule has 0 heterocycles. The fourth-order valence-corrected chi connectivity index (χ4v) is 2.50. The van der Waals surface area contributed by atoms with E-state index in [1.807, 2.05) is 0 Å². The smallest absolute Gasteiger partial charge is 0.335 e. The van der Waals surface area contributed by atoms with Crippen LogP contribution in [-0.4, -0.2) is 16.8 Å². The molecule has 0 radical (unpaired) electrons. The zero-order chi connectivity index (χ0) is 15.4. The van der Waals surface area contributed by atoms with Crippen LogP contribution >= 0.6 is 11.8 Å². The lowest BCUT2D eigenvalue weighted by Crippen LogP contribution is -2.01. The molecule has 0 amide bonds. The molecule has 0 aliphatic heterocycles. The van der Waals surface area contributed by atoms with E-state index in [1.54, 1.807) is 43.3 Å². The van der Waals surface area contributed by atoms with E-state index in [-0.39, 0.29) is 5.56 Å². The Bertz CT molecular complexity index is 662. The van der Waals surface area contributed by atoms with Gasteiger partial charge in [-0.2, -0.15) is 8.78 Å². The van der Waals surface area contributed by atoms with Crippen molar-refractivity contribution in [2.24, 2.45) is 0 Å². The van der Waals surface area contributed by atoms with Gasteiger partial charge in [-0.1, -0.05) is 23.9 Å². The maximum absolute atomic E-state index is 12.5. The fourth-order valence-electron chi connectivity index (χ4n) is 1.91. The van der Waals surface area contributed by atoms with Crippen LogP contribution in [0.25, 0.3) is 0 Å². The Morgan fingerprint density at radius 2 is 1.95 bits per heavy atom. The number of nitrogens with one attached hydrogen (secondary N) is 1. The monoisotopic (exact) mass is 309 g/mol. The summed E-state index contributed by atoms with van der Waals surface area (Å²) in [5.74, 6) is -3.49. The summed E-state index contributed by atoms with van der Waals surface area (Å²) in [5.41, 5.74) is 2.03. The predicted molar refractivity (Wildman–Crippen MR) is 79.7 cm³/mol. The molecule has 2 aromatic rings. The molecule has 110 valence electrons. The number of carboxylic acid groups (broad SMARTS) is 1. The summed E-state index contributed by atoms with van der Waals surface area (Å²) in [6.45, 7) is 1.69. The third-order valence-corrected chi connectivity index (χ3v) is 3.63. The van der Waals surface area contributed by atoms with Gasteiger partial charge in [0.05, 0.1) is 11.3 Å². The number of hydrogen-bond acceptors (Lipinski definition) is 3. The van der Waals surface area contributed by atoms with Gasteiger partial charge in [-0.3, -0.25) is 0 Å². The van der Waals surface area contributed by atoms with Crippen LogP contribution in [0.15, 0.2) is 47.4 Å². The molecule has 0 unspecified atom stereocenters. The van der Waals surface area contributed by atoms with E-state index < -0.39 is 11.7 Å². The molecular formula is C15H13F2NO2S. The minimum absolute atomic E-state index is 0.218. The number of halogens is 2. The maximum Gasteiger partial charge on any atom is 0.335 e. The first kappa shape index (κ1) is 15.3. The van der Waals surface area contributed by atoms with Crippen LogP contribution < -0.4 is 5.32 Å².